The van der Waals surface area contributed by atoms with Crippen molar-refractivity contribution < 1.29 is 5.11 Å². The molecule has 172 valence electrons. The summed E-state index contributed by atoms with van der Waals surface area (Å²) >= 11 is 0. The molecule has 0 aliphatic carbocycles. The maximum absolute atomic E-state index is 9.32. The van der Waals surface area contributed by atoms with Crippen LogP contribution in [0.3, 0.4) is 0 Å². The molecule has 0 saturated carbocycles. The van der Waals surface area contributed by atoms with Gasteiger partial charge in [0.1, 0.15) is 17.5 Å². The number of nitrogens with two attached hydrogens (primary N) is 3. The van der Waals surface area contributed by atoms with E-state index >= 15 is 0 Å². The summed E-state index contributed by atoms with van der Waals surface area (Å²) in [6.45, 7) is 13.7. The van der Waals surface area contributed by atoms with Crippen LogP contribution in [0.1, 0.15) is 71.2 Å². The van der Waals surface area contributed by atoms with Crippen molar-refractivity contribution in [3.05, 3.63) is 41.1 Å². The molecule has 2 unspecified atom stereocenters. The molecule has 0 fully saturated rings. The van der Waals surface area contributed by atoms with Gasteiger partial charge in [-0.1, -0.05) is 53.7 Å². The molecule has 0 saturated heterocycles. The van der Waals surface area contributed by atoms with Gasteiger partial charge in [-0.05, 0) is 71.6 Å². The smallest absolute Gasteiger partial charge is 0.128 e. The van der Waals surface area contributed by atoms with E-state index in [1.807, 2.05) is 24.3 Å². The first-order valence-corrected chi connectivity index (χ1v) is 11.2. The highest BCUT2D eigenvalue weighted by Gasteiger charge is 2.33. The molecule has 0 aromatic carbocycles. The largest absolute Gasteiger partial charge is 0.390 e. The predicted molar refractivity (Wildman–Crippen MR) is 130 cm³/mol. The molecule has 31 heavy (non-hydrogen) atoms. The molecular formula is C25H41N5O. The first-order valence-electron chi connectivity index (χ1n) is 11.2. The fourth-order valence-electron chi connectivity index (χ4n) is 4.12. The van der Waals surface area contributed by atoms with E-state index < -0.39 is 0 Å². The number of pyridine rings is 2. The quantitative estimate of drug-likeness (QED) is 0.488. The van der Waals surface area contributed by atoms with Crippen molar-refractivity contribution in [1.29, 1.82) is 0 Å². The fraction of sp³-hybridized carbons (Fsp3) is 0.600. The molecule has 6 nitrogen and oxygen atoms in total. The van der Waals surface area contributed by atoms with E-state index in [0.717, 1.165) is 36.8 Å². The van der Waals surface area contributed by atoms with Gasteiger partial charge < -0.3 is 22.3 Å². The van der Waals surface area contributed by atoms with Crippen molar-refractivity contribution in [2.75, 3.05) is 17.2 Å². The normalized spacial score (nSPS) is 14.4. The minimum absolute atomic E-state index is 0.0948. The lowest BCUT2D eigenvalue weighted by Crippen LogP contribution is -2.31. The Morgan fingerprint density at radius 1 is 0.806 bits per heavy atom. The third kappa shape index (κ3) is 7.10. The number of hydrogen-bond acceptors (Lipinski definition) is 6. The molecule has 0 amide bonds. The molecule has 2 aromatic heterocycles. The van der Waals surface area contributed by atoms with Crippen LogP contribution >= 0.6 is 0 Å². The number of rotatable bonds is 8. The molecule has 0 radical (unpaired) electrons. The average molecular weight is 428 g/mol. The first kappa shape index (κ1) is 24.9. The second-order valence-corrected chi connectivity index (χ2v) is 10.9. The van der Waals surface area contributed by atoms with Gasteiger partial charge >= 0.3 is 0 Å². The van der Waals surface area contributed by atoms with E-state index in [2.05, 4.69) is 51.5 Å². The summed E-state index contributed by atoms with van der Waals surface area (Å²) in [7, 11) is 0. The maximum Gasteiger partial charge on any atom is 0.128 e. The molecule has 6 heteroatoms. The van der Waals surface area contributed by atoms with Crippen LogP contribution in [0.4, 0.5) is 17.5 Å². The predicted octanol–water partition coefficient (Wildman–Crippen LogP) is 4.61. The van der Waals surface area contributed by atoms with Gasteiger partial charge in [-0.3, -0.25) is 0 Å². The van der Waals surface area contributed by atoms with Crippen LogP contribution in [0.15, 0.2) is 24.3 Å². The van der Waals surface area contributed by atoms with E-state index in [-0.39, 0.29) is 17.4 Å². The number of nitrogens with zero attached hydrogens (tertiary/aromatic N) is 2. The Hall–Kier alpha value is -2.34. The van der Waals surface area contributed by atoms with Crippen LogP contribution in [-0.2, 0) is 19.4 Å². The van der Waals surface area contributed by atoms with E-state index in [1.165, 1.54) is 0 Å². The van der Waals surface area contributed by atoms with Crippen molar-refractivity contribution in [3.8, 4) is 0 Å². The minimum Gasteiger partial charge on any atom is -0.390 e. The van der Waals surface area contributed by atoms with Gasteiger partial charge in [-0.25, -0.2) is 9.97 Å². The zero-order valence-corrected chi connectivity index (χ0v) is 20.1. The Kier molecular flexibility index (Phi) is 7.93. The van der Waals surface area contributed by atoms with Crippen molar-refractivity contribution >= 4 is 17.5 Å². The van der Waals surface area contributed by atoms with E-state index in [1.54, 1.807) is 0 Å². The van der Waals surface area contributed by atoms with E-state index in [4.69, 9.17) is 17.2 Å². The Morgan fingerprint density at radius 2 is 1.39 bits per heavy atom. The second kappa shape index (κ2) is 9.86. The summed E-state index contributed by atoms with van der Waals surface area (Å²) in [5.41, 5.74) is 21.1. The number of nitrogen functional groups attached to an aromatic ring is 3. The van der Waals surface area contributed by atoms with Crippen LogP contribution in [0.25, 0.3) is 0 Å². The summed E-state index contributed by atoms with van der Waals surface area (Å²) in [5, 5.41) is 9.32. The number of aliphatic hydroxyl groups is 1. The number of aliphatic hydroxyl groups excluding tert-OH is 1. The molecule has 2 aromatic rings. The third-order valence-corrected chi connectivity index (χ3v) is 6.51. The summed E-state index contributed by atoms with van der Waals surface area (Å²) in [6, 6.07) is 7.69. The summed E-state index contributed by atoms with van der Waals surface area (Å²) in [6.07, 6.45) is 3.86. The SMILES string of the molecule is CC(C)(C)C(CCc1ccc(N)nc1N)CC(Cc1ccc(CO)nc1N)C(C)(C)C. The summed E-state index contributed by atoms with van der Waals surface area (Å²) in [5.74, 6) is 2.44. The monoisotopic (exact) mass is 427 g/mol. The molecule has 2 atom stereocenters. The van der Waals surface area contributed by atoms with Gasteiger partial charge in [0.15, 0.2) is 0 Å². The fourth-order valence-corrected chi connectivity index (χ4v) is 4.12. The molecule has 0 bridgehead atoms. The van der Waals surface area contributed by atoms with Crippen LogP contribution in [0, 0.1) is 22.7 Å². The number of aryl methyl sites for hydroxylation is 1. The highest BCUT2D eigenvalue weighted by Crippen LogP contribution is 2.42. The van der Waals surface area contributed by atoms with Gasteiger partial charge in [0.05, 0.1) is 12.3 Å². The van der Waals surface area contributed by atoms with Crippen LogP contribution in [0.2, 0.25) is 0 Å². The Bertz CT molecular complexity index is 867. The third-order valence-electron chi connectivity index (χ3n) is 6.51. The lowest BCUT2D eigenvalue weighted by atomic mass is 9.66. The molecular weight excluding hydrogens is 386 g/mol. The van der Waals surface area contributed by atoms with E-state index in [9.17, 15) is 5.11 Å². The molecule has 0 aliphatic rings. The number of hydrogen-bond donors (Lipinski definition) is 4. The Labute approximate surface area is 187 Å². The minimum atomic E-state index is -0.0948. The summed E-state index contributed by atoms with van der Waals surface area (Å²) < 4.78 is 0. The molecule has 0 aliphatic heterocycles. The van der Waals surface area contributed by atoms with Crippen molar-refractivity contribution in [2.45, 2.75) is 73.8 Å². The molecule has 2 heterocycles. The van der Waals surface area contributed by atoms with Crippen molar-refractivity contribution in [3.63, 3.8) is 0 Å². The average Bonchev–Trinajstić information content (AvgIpc) is 2.64. The molecule has 2 rings (SSSR count). The lowest BCUT2D eigenvalue weighted by Gasteiger charge is -2.39. The zero-order chi connectivity index (χ0) is 23.4. The highest BCUT2D eigenvalue weighted by atomic mass is 16.3. The van der Waals surface area contributed by atoms with Crippen LogP contribution in [0.5, 0.6) is 0 Å². The molecule has 0 spiro atoms. The van der Waals surface area contributed by atoms with Gasteiger partial charge in [-0.2, -0.15) is 0 Å². The Balaban J connectivity index is 2.21. The zero-order valence-electron chi connectivity index (χ0n) is 20.1. The maximum atomic E-state index is 9.32. The van der Waals surface area contributed by atoms with Gasteiger partial charge in [-0.15, -0.1) is 0 Å². The molecule has 7 N–H and O–H groups in total. The standard InChI is InChI=1S/C25H41N5O/c1-24(2,3)18(10-7-16-9-12-21(26)30-22(16)27)14-19(25(4,5)6)13-17-8-11-20(15-31)29-23(17)28/h8-9,11-12,18-19,31H,7,10,13-15H2,1-6H3,(H2,28,29)(H4,26,27,30). The van der Waals surface area contributed by atoms with Gasteiger partial charge in [0.25, 0.3) is 0 Å². The summed E-state index contributed by atoms with van der Waals surface area (Å²) in [4.78, 5) is 8.55. The van der Waals surface area contributed by atoms with Crippen molar-refractivity contribution in [2.24, 2.45) is 22.7 Å². The number of anilines is 3. The van der Waals surface area contributed by atoms with E-state index in [0.29, 0.717) is 35.0 Å². The van der Waals surface area contributed by atoms with Gasteiger partial charge in [0, 0.05) is 0 Å². The Morgan fingerprint density at radius 3 is 1.90 bits per heavy atom. The highest BCUT2D eigenvalue weighted by molar-refractivity contribution is 5.46. The van der Waals surface area contributed by atoms with Gasteiger partial charge in [0.2, 0.25) is 0 Å². The van der Waals surface area contributed by atoms with Crippen LogP contribution in [-0.4, -0.2) is 15.1 Å². The lowest BCUT2D eigenvalue weighted by molar-refractivity contribution is 0.126. The van der Waals surface area contributed by atoms with Crippen molar-refractivity contribution in [1.82, 2.24) is 9.97 Å². The second-order valence-electron chi connectivity index (χ2n) is 10.9. The topological polar surface area (TPSA) is 124 Å². The first-order chi connectivity index (χ1) is 14.3. The number of aromatic nitrogens is 2. The van der Waals surface area contributed by atoms with Crippen LogP contribution < -0.4 is 17.2 Å².